The van der Waals surface area contributed by atoms with E-state index in [1.54, 1.807) is 15.8 Å². The molecule has 2 aromatic heterocycles. The Labute approximate surface area is 205 Å². The number of ether oxygens (including phenoxy) is 1. The van der Waals surface area contributed by atoms with Crippen molar-refractivity contribution >= 4 is 11.8 Å². The maximum Gasteiger partial charge on any atom is 0.274 e. The topological polar surface area (TPSA) is 80.6 Å². The Morgan fingerprint density at radius 2 is 1.75 bits per heavy atom. The van der Waals surface area contributed by atoms with Crippen molar-refractivity contribution in [2.24, 2.45) is 0 Å². The minimum Gasteiger partial charge on any atom is -0.378 e. The fraction of sp³-hybridized carbons (Fsp3) is 0.360. The molecule has 0 bridgehead atoms. The fourth-order valence-electron chi connectivity index (χ4n) is 4.56. The van der Waals surface area contributed by atoms with Crippen LogP contribution in [0.3, 0.4) is 0 Å². The van der Waals surface area contributed by atoms with Crippen LogP contribution in [-0.2, 0) is 35.5 Å². The second kappa shape index (κ2) is 10.1. The molecule has 0 aliphatic carbocycles. The SMILES string of the molecule is O=C(Cc1c(F)ccc(F)c1F)N1CCc2c(c(C(=O)N3CCOCC3)nn2Cc2ccccn2)C1. The molecule has 2 aliphatic rings. The number of nitrogens with zero attached hydrogens (tertiary/aromatic N) is 5. The summed E-state index contributed by atoms with van der Waals surface area (Å²) in [5, 5.41) is 4.62. The smallest absolute Gasteiger partial charge is 0.274 e. The van der Waals surface area contributed by atoms with E-state index in [0.717, 1.165) is 17.5 Å². The summed E-state index contributed by atoms with van der Waals surface area (Å²) in [7, 11) is 0. The van der Waals surface area contributed by atoms with Gasteiger partial charge in [0.2, 0.25) is 5.91 Å². The first-order chi connectivity index (χ1) is 17.4. The third-order valence-electron chi connectivity index (χ3n) is 6.49. The lowest BCUT2D eigenvalue weighted by Crippen LogP contribution is -2.42. The fourth-order valence-corrected chi connectivity index (χ4v) is 4.56. The Hall–Kier alpha value is -3.73. The summed E-state index contributed by atoms with van der Waals surface area (Å²) in [5.74, 6) is -4.38. The molecule has 188 valence electrons. The van der Waals surface area contributed by atoms with Crippen molar-refractivity contribution in [2.45, 2.75) is 25.9 Å². The van der Waals surface area contributed by atoms with Crippen molar-refractivity contribution in [1.29, 1.82) is 0 Å². The number of aromatic nitrogens is 3. The molecule has 1 fully saturated rings. The largest absolute Gasteiger partial charge is 0.378 e. The van der Waals surface area contributed by atoms with Crippen molar-refractivity contribution in [1.82, 2.24) is 24.6 Å². The minimum atomic E-state index is -1.37. The Bertz CT molecular complexity index is 1290. The van der Waals surface area contributed by atoms with Crippen molar-refractivity contribution in [2.75, 3.05) is 32.8 Å². The maximum atomic E-state index is 14.1. The summed E-state index contributed by atoms with van der Waals surface area (Å²) in [6.07, 6.45) is 1.45. The van der Waals surface area contributed by atoms with Gasteiger partial charge in [0, 0.05) is 55.6 Å². The van der Waals surface area contributed by atoms with Crippen LogP contribution >= 0.6 is 0 Å². The highest BCUT2D eigenvalue weighted by Gasteiger charge is 2.33. The molecule has 2 amide bonds. The predicted octanol–water partition coefficient (Wildman–Crippen LogP) is 2.34. The summed E-state index contributed by atoms with van der Waals surface area (Å²) in [6, 6.07) is 7.02. The summed E-state index contributed by atoms with van der Waals surface area (Å²) in [5.41, 5.74) is 1.81. The number of carbonyl (C=O) groups is 2. The molecule has 5 rings (SSSR count). The summed E-state index contributed by atoms with van der Waals surface area (Å²) >= 11 is 0. The van der Waals surface area contributed by atoms with Gasteiger partial charge >= 0.3 is 0 Å². The van der Waals surface area contributed by atoms with Gasteiger partial charge < -0.3 is 14.5 Å². The van der Waals surface area contributed by atoms with E-state index >= 15 is 0 Å². The van der Waals surface area contributed by atoms with Crippen LogP contribution in [0.1, 0.15) is 33.0 Å². The van der Waals surface area contributed by atoms with Gasteiger partial charge in [0.05, 0.1) is 31.9 Å². The molecule has 0 N–H and O–H groups in total. The molecule has 0 atom stereocenters. The highest BCUT2D eigenvalue weighted by Crippen LogP contribution is 2.26. The Morgan fingerprint density at radius 1 is 0.972 bits per heavy atom. The molecule has 36 heavy (non-hydrogen) atoms. The first-order valence-corrected chi connectivity index (χ1v) is 11.7. The Balaban J connectivity index is 1.43. The van der Waals surface area contributed by atoms with E-state index in [4.69, 9.17) is 4.74 Å². The zero-order valence-electron chi connectivity index (χ0n) is 19.4. The highest BCUT2D eigenvalue weighted by atomic mass is 19.2. The first kappa shape index (κ1) is 24.0. The highest BCUT2D eigenvalue weighted by molar-refractivity contribution is 5.94. The number of morpholine rings is 1. The molecule has 0 radical (unpaired) electrons. The van der Waals surface area contributed by atoms with Gasteiger partial charge in [0.1, 0.15) is 5.82 Å². The number of pyridine rings is 1. The number of fused-ring (bicyclic) bond motifs is 1. The number of hydrogen-bond donors (Lipinski definition) is 0. The molecule has 1 saturated heterocycles. The van der Waals surface area contributed by atoms with E-state index in [-0.39, 0.29) is 24.7 Å². The molecule has 1 aromatic carbocycles. The molecule has 11 heteroatoms. The van der Waals surface area contributed by atoms with Gasteiger partial charge in [-0.25, -0.2) is 13.2 Å². The van der Waals surface area contributed by atoms with Gasteiger partial charge in [0.15, 0.2) is 17.3 Å². The molecule has 3 aromatic rings. The van der Waals surface area contributed by atoms with Crippen molar-refractivity contribution in [3.63, 3.8) is 0 Å². The summed E-state index contributed by atoms with van der Waals surface area (Å²) in [4.78, 5) is 33.8. The van der Waals surface area contributed by atoms with Crippen LogP contribution < -0.4 is 0 Å². The lowest BCUT2D eigenvalue weighted by atomic mass is 10.0. The lowest BCUT2D eigenvalue weighted by molar-refractivity contribution is -0.131. The third kappa shape index (κ3) is 4.70. The molecule has 0 saturated carbocycles. The van der Waals surface area contributed by atoms with E-state index < -0.39 is 35.3 Å². The minimum absolute atomic E-state index is 0.0559. The lowest BCUT2D eigenvalue weighted by Gasteiger charge is -2.29. The number of benzene rings is 1. The van der Waals surface area contributed by atoms with E-state index in [2.05, 4.69) is 10.1 Å². The molecular formula is C25H24F3N5O3. The third-order valence-corrected chi connectivity index (χ3v) is 6.49. The number of hydrogen-bond acceptors (Lipinski definition) is 5. The number of carbonyl (C=O) groups excluding carboxylic acids is 2. The summed E-state index contributed by atoms with van der Waals surface area (Å²) in [6.45, 7) is 2.40. The Kier molecular flexibility index (Phi) is 6.73. The molecule has 2 aliphatic heterocycles. The molecule has 0 unspecified atom stereocenters. The molecular weight excluding hydrogens is 475 g/mol. The van der Waals surface area contributed by atoms with Crippen molar-refractivity contribution in [3.05, 3.63) is 82.2 Å². The van der Waals surface area contributed by atoms with Gasteiger partial charge in [-0.2, -0.15) is 5.10 Å². The second-order valence-corrected chi connectivity index (χ2v) is 8.72. The van der Waals surface area contributed by atoms with Crippen molar-refractivity contribution < 1.29 is 27.5 Å². The van der Waals surface area contributed by atoms with E-state index in [0.29, 0.717) is 50.9 Å². The van der Waals surface area contributed by atoms with E-state index in [1.807, 2.05) is 18.2 Å². The predicted molar refractivity (Wildman–Crippen MR) is 121 cm³/mol. The van der Waals surface area contributed by atoms with Gasteiger partial charge in [-0.15, -0.1) is 0 Å². The maximum absolute atomic E-state index is 14.1. The van der Waals surface area contributed by atoms with Gasteiger partial charge in [-0.1, -0.05) is 6.07 Å². The quantitative estimate of drug-likeness (QED) is 0.504. The molecule has 0 spiro atoms. The van der Waals surface area contributed by atoms with Crippen LogP contribution in [0.2, 0.25) is 0 Å². The number of amides is 2. The van der Waals surface area contributed by atoms with Crippen LogP contribution in [0.15, 0.2) is 36.5 Å². The van der Waals surface area contributed by atoms with Crippen LogP contribution in [0, 0.1) is 17.5 Å². The van der Waals surface area contributed by atoms with Gasteiger partial charge in [-0.3, -0.25) is 19.3 Å². The monoisotopic (exact) mass is 499 g/mol. The zero-order valence-corrected chi connectivity index (χ0v) is 19.4. The summed E-state index contributed by atoms with van der Waals surface area (Å²) < 4.78 is 49.0. The van der Waals surface area contributed by atoms with Crippen LogP contribution in [0.4, 0.5) is 13.2 Å². The first-order valence-electron chi connectivity index (χ1n) is 11.7. The Morgan fingerprint density at radius 3 is 2.50 bits per heavy atom. The second-order valence-electron chi connectivity index (χ2n) is 8.72. The normalized spacial score (nSPS) is 15.6. The van der Waals surface area contributed by atoms with Gasteiger partial charge in [-0.05, 0) is 24.3 Å². The van der Waals surface area contributed by atoms with Crippen LogP contribution in [-0.4, -0.2) is 69.2 Å². The van der Waals surface area contributed by atoms with Gasteiger partial charge in [0.25, 0.3) is 5.91 Å². The van der Waals surface area contributed by atoms with Crippen LogP contribution in [0.5, 0.6) is 0 Å². The zero-order chi connectivity index (χ0) is 25.2. The average molecular weight is 499 g/mol. The average Bonchev–Trinajstić information content (AvgIpc) is 3.26. The van der Waals surface area contributed by atoms with Crippen molar-refractivity contribution in [3.8, 4) is 0 Å². The molecule has 4 heterocycles. The number of halogens is 3. The van der Waals surface area contributed by atoms with Crippen LogP contribution in [0.25, 0.3) is 0 Å². The number of rotatable bonds is 5. The van der Waals surface area contributed by atoms with E-state index in [9.17, 15) is 22.8 Å². The standard InChI is InChI=1S/C25H24F3N5O3/c26-19-4-5-20(27)23(28)17(19)13-22(34)32-8-6-21-18(15-32)24(25(35)31-9-11-36-12-10-31)30-33(21)14-16-3-1-2-7-29-16/h1-5,7H,6,8-15H2. The molecule has 8 nitrogen and oxygen atoms in total. The van der Waals surface area contributed by atoms with E-state index in [1.165, 1.54) is 4.90 Å².